The Bertz CT molecular complexity index is 394. The first-order valence-corrected chi connectivity index (χ1v) is 6.73. The van der Waals surface area contributed by atoms with Gasteiger partial charge in [0.2, 0.25) is 0 Å². The lowest BCUT2D eigenvalue weighted by Crippen LogP contribution is -2.43. The standard InChI is InChI=1S/C15H24N2O2/c1-5-6-11-19-13-9-7-12(8-10-13)16-14(18)17-15(2,3)4/h7-10H,5-6,11H2,1-4H3,(H2,16,17,18). The molecule has 0 saturated heterocycles. The molecule has 0 bridgehead atoms. The van der Waals surface area contributed by atoms with Gasteiger partial charge in [-0.05, 0) is 51.5 Å². The van der Waals surface area contributed by atoms with E-state index in [1.165, 1.54) is 0 Å². The number of anilines is 1. The summed E-state index contributed by atoms with van der Waals surface area (Å²) in [4.78, 5) is 11.7. The molecule has 106 valence electrons. The van der Waals surface area contributed by atoms with Gasteiger partial charge in [0.1, 0.15) is 5.75 Å². The molecule has 0 aliphatic heterocycles. The average molecular weight is 264 g/mol. The zero-order valence-electron chi connectivity index (χ0n) is 12.2. The van der Waals surface area contributed by atoms with Crippen LogP contribution in [0.3, 0.4) is 0 Å². The summed E-state index contributed by atoms with van der Waals surface area (Å²) in [7, 11) is 0. The third kappa shape index (κ3) is 6.70. The highest BCUT2D eigenvalue weighted by Gasteiger charge is 2.13. The van der Waals surface area contributed by atoms with E-state index in [0.717, 1.165) is 30.9 Å². The molecule has 4 nitrogen and oxygen atoms in total. The largest absolute Gasteiger partial charge is 0.494 e. The van der Waals surface area contributed by atoms with Crippen LogP contribution in [0, 0.1) is 0 Å². The van der Waals surface area contributed by atoms with Crippen molar-refractivity contribution in [3.05, 3.63) is 24.3 Å². The lowest BCUT2D eigenvalue weighted by Gasteiger charge is -2.20. The molecule has 0 saturated carbocycles. The molecular weight excluding hydrogens is 240 g/mol. The maximum absolute atomic E-state index is 11.7. The summed E-state index contributed by atoms with van der Waals surface area (Å²) < 4.78 is 5.56. The topological polar surface area (TPSA) is 50.4 Å². The van der Waals surface area contributed by atoms with Crippen molar-refractivity contribution >= 4 is 11.7 Å². The SMILES string of the molecule is CCCCOc1ccc(NC(=O)NC(C)(C)C)cc1. The molecular formula is C15H24N2O2. The molecule has 4 heteroatoms. The number of unbranched alkanes of at least 4 members (excludes halogenated alkanes) is 1. The van der Waals surface area contributed by atoms with Crippen molar-refractivity contribution in [1.82, 2.24) is 5.32 Å². The summed E-state index contributed by atoms with van der Waals surface area (Å²) >= 11 is 0. The molecule has 0 radical (unpaired) electrons. The Morgan fingerprint density at radius 2 is 1.84 bits per heavy atom. The number of hydrogen-bond acceptors (Lipinski definition) is 2. The summed E-state index contributed by atoms with van der Waals surface area (Å²) in [5.41, 5.74) is 0.511. The van der Waals surface area contributed by atoms with Crippen LogP contribution < -0.4 is 15.4 Å². The Balaban J connectivity index is 2.45. The first kappa shape index (κ1) is 15.3. The molecule has 0 fully saturated rings. The van der Waals surface area contributed by atoms with Crippen LogP contribution in [0.1, 0.15) is 40.5 Å². The second-order valence-electron chi connectivity index (χ2n) is 5.56. The molecule has 1 aromatic rings. The second kappa shape index (κ2) is 7.02. The fourth-order valence-electron chi connectivity index (χ4n) is 1.47. The number of urea groups is 1. The van der Waals surface area contributed by atoms with Crippen LogP contribution in [0.25, 0.3) is 0 Å². The predicted molar refractivity (Wildman–Crippen MR) is 78.8 cm³/mol. The first-order chi connectivity index (χ1) is 8.90. The van der Waals surface area contributed by atoms with Crippen LogP contribution in [0.5, 0.6) is 5.75 Å². The Labute approximate surface area is 115 Å². The van der Waals surface area contributed by atoms with Crippen LogP contribution >= 0.6 is 0 Å². The molecule has 0 heterocycles. The van der Waals surface area contributed by atoms with E-state index >= 15 is 0 Å². The van der Waals surface area contributed by atoms with Gasteiger partial charge in [0.05, 0.1) is 6.61 Å². The number of ether oxygens (including phenoxy) is 1. The molecule has 0 aliphatic carbocycles. The van der Waals surface area contributed by atoms with Crippen LogP contribution in [-0.2, 0) is 0 Å². The summed E-state index contributed by atoms with van der Waals surface area (Å²) in [6.45, 7) is 8.68. The van der Waals surface area contributed by atoms with Crippen LogP contribution in [-0.4, -0.2) is 18.2 Å². The molecule has 0 unspecified atom stereocenters. The van der Waals surface area contributed by atoms with Crippen molar-refractivity contribution in [3.8, 4) is 5.75 Å². The van der Waals surface area contributed by atoms with Gasteiger partial charge in [-0.25, -0.2) is 4.79 Å². The molecule has 2 N–H and O–H groups in total. The third-order valence-corrected chi connectivity index (χ3v) is 2.37. The van der Waals surface area contributed by atoms with Crippen molar-refractivity contribution < 1.29 is 9.53 Å². The predicted octanol–water partition coefficient (Wildman–Crippen LogP) is 3.79. The highest BCUT2D eigenvalue weighted by Crippen LogP contribution is 2.16. The second-order valence-corrected chi connectivity index (χ2v) is 5.56. The lowest BCUT2D eigenvalue weighted by molar-refractivity contribution is 0.244. The molecule has 19 heavy (non-hydrogen) atoms. The summed E-state index contributed by atoms with van der Waals surface area (Å²) in [6, 6.07) is 7.20. The summed E-state index contributed by atoms with van der Waals surface area (Å²) in [6.07, 6.45) is 2.17. The van der Waals surface area contributed by atoms with E-state index in [0.29, 0.717) is 0 Å². The first-order valence-electron chi connectivity index (χ1n) is 6.73. The zero-order chi connectivity index (χ0) is 14.3. The fraction of sp³-hybridized carbons (Fsp3) is 0.533. The monoisotopic (exact) mass is 264 g/mol. The molecule has 2 amide bonds. The minimum absolute atomic E-state index is 0.202. The quantitative estimate of drug-likeness (QED) is 0.795. The molecule has 1 aromatic carbocycles. The number of benzene rings is 1. The fourth-order valence-corrected chi connectivity index (χ4v) is 1.47. The van der Waals surface area contributed by atoms with Crippen molar-refractivity contribution in [1.29, 1.82) is 0 Å². The van der Waals surface area contributed by atoms with Crippen molar-refractivity contribution in [2.24, 2.45) is 0 Å². The number of carbonyl (C=O) groups is 1. The van der Waals surface area contributed by atoms with Gasteiger partial charge < -0.3 is 15.4 Å². The van der Waals surface area contributed by atoms with E-state index in [1.807, 2.05) is 45.0 Å². The highest BCUT2D eigenvalue weighted by atomic mass is 16.5. The zero-order valence-corrected chi connectivity index (χ0v) is 12.2. The van der Waals surface area contributed by atoms with E-state index in [-0.39, 0.29) is 11.6 Å². The van der Waals surface area contributed by atoms with Gasteiger partial charge in [0.15, 0.2) is 0 Å². The van der Waals surface area contributed by atoms with Crippen LogP contribution in [0.15, 0.2) is 24.3 Å². The lowest BCUT2D eigenvalue weighted by atomic mass is 10.1. The molecule has 1 rings (SSSR count). The maximum atomic E-state index is 11.7. The highest BCUT2D eigenvalue weighted by molar-refractivity contribution is 5.89. The molecule has 0 atom stereocenters. The van der Waals surface area contributed by atoms with Gasteiger partial charge in [-0.3, -0.25) is 0 Å². The molecule has 0 spiro atoms. The van der Waals surface area contributed by atoms with Gasteiger partial charge in [-0.15, -0.1) is 0 Å². The number of nitrogens with one attached hydrogen (secondary N) is 2. The van der Waals surface area contributed by atoms with Gasteiger partial charge in [-0.1, -0.05) is 13.3 Å². The van der Waals surface area contributed by atoms with Crippen LogP contribution in [0.4, 0.5) is 10.5 Å². The van der Waals surface area contributed by atoms with E-state index in [4.69, 9.17) is 4.74 Å². The van der Waals surface area contributed by atoms with Gasteiger partial charge >= 0.3 is 6.03 Å². The van der Waals surface area contributed by atoms with Crippen molar-refractivity contribution in [2.75, 3.05) is 11.9 Å². The Morgan fingerprint density at radius 3 is 2.37 bits per heavy atom. The Morgan fingerprint density at radius 1 is 1.21 bits per heavy atom. The number of carbonyl (C=O) groups excluding carboxylic acids is 1. The van der Waals surface area contributed by atoms with E-state index in [1.54, 1.807) is 0 Å². The summed E-state index contributed by atoms with van der Waals surface area (Å²) in [5.74, 6) is 0.829. The normalized spacial score (nSPS) is 10.9. The number of rotatable bonds is 5. The summed E-state index contributed by atoms with van der Waals surface area (Å²) in [5, 5.41) is 5.63. The van der Waals surface area contributed by atoms with E-state index < -0.39 is 0 Å². The Hall–Kier alpha value is -1.71. The van der Waals surface area contributed by atoms with Gasteiger partial charge in [-0.2, -0.15) is 0 Å². The number of hydrogen-bond donors (Lipinski definition) is 2. The minimum Gasteiger partial charge on any atom is -0.494 e. The minimum atomic E-state index is -0.243. The van der Waals surface area contributed by atoms with Crippen LogP contribution in [0.2, 0.25) is 0 Å². The third-order valence-electron chi connectivity index (χ3n) is 2.37. The molecule has 0 aliphatic rings. The van der Waals surface area contributed by atoms with Crippen molar-refractivity contribution in [2.45, 2.75) is 46.1 Å². The number of amides is 2. The molecule has 0 aromatic heterocycles. The smallest absolute Gasteiger partial charge is 0.319 e. The van der Waals surface area contributed by atoms with Crippen molar-refractivity contribution in [3.63, 3.8) is 0 Å². The van der Waals surface area contributed by atoms with E-state index in [9.17, 15) is 4.79 Å². The Kier molecular flexibility index (Phi) is 5.67. The average Bonchev–Trinajstić information content (AvgIpc) is 2.29. The maximum Gasteiger partial charge on any atom is 0.319 e. The van der Waals surface area contributed by atoms with Gasteiger partial charge in [0.25, 0.3) is 0 Å². The van der Waals surface area contributed by atoms with E-state index in [2.05, 4.69) is 17.6 Å². The van der Waals surface area contributed by atoms with Gasteiger partial charge in [0, 0.05) is 11.2 Å².